The highest BCUT2D eigenvalue weighted by Gasteiger charge is 2.12. The van der Waals surface area contributed by atoms with Crippen LogP contribution in [0.15, 0.2) is 18.2 Å². The number of rotatable bonds is 9. The molecule has 0 heterocycles. The lowest BCUT2D eigenvalue weighted by atomic mass is 10.0. The monoisotopic (exact) mass is 290 g/mol. The number of benzene rings is 1. The summed E-state index contributed by atoms with van der Waals surface area (Å²) in [5.74, 6) is 5.07. The zero-order valence-corrected chi connectivity index (χ0v) is 11.8. The molecule has 1 aromatic rings. The molecule has 0 aliphatic heterocycles. The molecule has 1 atom stereocenters. The molecule has 1 aromatic carbocycles. The smallest absolute Gasteiger partial charge is 0.142 e. The molecule has 0 saturated heterocycles. The highest BCUT2D eigenvalue weighted by Crippen LogP contribution is 2.21. The number of hydrogen-bond acceptors (Lipinski definition) is 4. The standard InChI is InChI=1S/C13H20ClFN2O2/c1-18-7-8-19-6-5-11(17-16)9-10-3-2-4-12(15)13(10)14/h2-4,11,17H,5-9,16H2,1H3. The molecule has 0 spiro atoms. The van der Waals surface area contributed by atoms with Gasteiger partial charge in [-0.05, 0) is 24.5 Å². The van der Waals surface area contributed by atoms with Crippen LogP contribution in [0, 0.1) is 5.82 Å². The fraction of sp³-hybridized carbons (Fsp3) is 0.538. The van der Waals surface area contributed by atoms with Crippen molar-refractivity contribution in [3.05, 3.63) is 34.6 Å². The molecule has 0 bridgehead atoms. The van der Waals surface area contributed by atoms with Gasteiger partial charge in [0.1, 0.15) is 5.82 Å². The predicted octanol–water partition coefficient (Wildman–Crippen LogP) is 1.91. The maximum Gasteiger partial charge on any atom is 0.142 e. The maximum atomic E-state index is 13.3. The fourth-order valence-electron chi connectivity index (χ4n) is 1.69. The highest BCUT2D eigenvalue weighted by molar-refractivity contribution is 6.31. The first-order chi connectivity index (χ1) is 9.19. The third-order valence-corrected chi connectivity index (χ3v) is 3.20. The van der Waals surface area contributed by atoms with E-state index in [-0.39, 0.29) is 11.1 Å². The van der Waals surface area contributed by atoms with Gasteiger partial charge in [0.2, 0.25) is 0 Å². The first-order valence-corrected chi connectivity index (χ1v) is 6.52. The first-order valence-electron chi connectivity index (χ1n) is 6.14. The average Bonchev–Trinajstić information content (AvgIpc) is 2.42. The summed E-state index contributed by atoms with van der Waals surface area (Å²) >= 11 is 5.91. The van der Waals surface area contributed by atoms with Crippen molar-refractivity contribution in [2.24, 2.45) is 5.84 Å². The number of nitrogens with one attached hydrogen (secondary N) is 1. The van der Waals surface area contributed by atoms with Crippen molar-refractivity contribution in [3.8, 4) is 0 Å². The van der Waals surface area contributed by atoms with E-state index in [0.717, 1.165) is 5.56 Å². The molecular weight excluding hydrogens is 271 g/mol. The number of ether oxygens (including phenoxy) is 2. The van der Waals surface area contributed by atoms with E-state index in [9.17, 15) is 4.39 Å². The maximum absolute atomic E-state index is 13.3. The van der Waals surface area contributed by atoms with Gasteiger partial charge in [0.05, 0.1) is 18.2 Å². The van der Waals surface area contributed by atoms with Gasteiger partial charge < -0.3 is 9.47 Å². The molecule has 6 heteroatoms. The Morgan fingerprint density at radius 1 is 1.37 bits per heavy atom. The molecular formula is C13H20ClFN2O2. The largest absolute Gasteiger partial charge is 0.382 e. The van der Waals surface area contributed by atoms with Crippen LogP contribution in [0.1, 0.15) is 12.0 Å². The summed E-state index contributed by atoms with van der Waals surface area (Å²) in [4.78, 5) is 0. The molecule has 0 saturated carbocycles. The van der Waals surface area contributed by atoms with Gasteiger partial charge in [0.15, 0.2) is 0 Å². The Morgan fingerprint density at radius 2 is 2.16 bits per heavy atom. The topological polar surface area (TPSA) is 56.5 Å². The van der Waals surface area contributed by atoms with E-state index in [1.807, 2.05) is 0 Å². The normalized spacial score (nSPS) is 12.6. The molecule has 0 aliphatic rings. The van der Waals surface area contributed by atoms with Crippen LogP contribution >= 0.6 is 11.6 Å². The van der Waals surface area contributed by atoms with Crippen LogP contribution in [0.25, 0.3) is 0 Å². The number of hydrogen-bond donors (Lipinski definition) is 2. The van der Waals surface area contributed by atoms with Crippen LogP contribution in [-0.2, 0) is 15.9 Å². The van der Waals surface area contributed by atoms with Gasteiger partial charge in [0, 0.05) is 19.8 Å². The van der Waals surface area contributed by atoms with Crippen molar-refractivity contribution in [1.82, 2.24) is 5.43 Å². The van der Waals surface area contributed by atoms with E-state index in [2.05, 4.69) is 5.43 Å². The van der Waals surface area contributed by atoms with Crippen LogP contribution in [0.4, 0.5) is 4.39 Å². The zero-order valence-electron chi connectivity index (χ0n) is 11.0. The summed E-state index contributed by atoms with van der Waals surface area (Å²) in [6, 6.07) is 4.76. The van der Waals surface area contributed by atoms with Crippen molar-refractivity contribution >= 4 is 11.6 Å². The molecule has 19 heavy (non-hydrogen) atoms. The molecule has 0 fully saturated rings. The molecule has 108 valence electrons. The number of halogens is 2. The minimum atomic E-state index is -0.411. The van der Waals surface area contributed by atoms with Gasteiger partial charge in [-0.1, -0.05) is 23.7 Å². The summed E-state index contributed by atoms with van der Waals surface area (Å²) in [6.07, 6.45) is 1.27. The van der Waals surface area contributed by atoms with E-state index in [1.54, 1.807) is 19.2 Å². The van der Waals surface area contributed by atoms with Crippen molar-refractivity contribution < 1.29 is 13.9 Å². The minimum absolute atomic E-state index is 0.0122. The average molecular weight is 291 g/mol. The van der Waals surface area contributed by atoms with Gasteiger partial charge in [-0.15, -0.1) is 0 Å². The van der Waals surface area contributed by atoms with Crippen LogP contribution in [0.3, 0.4) is 0 Å². The lowest BCUT2D eigenvalue weighted by Gasteiger charge is -2.16. The third-order valence-electron chi connectivity index (χ3n) is 2.78. The number of nitrogens with two attached hydrogens (primary N) is 1. The van der Waals surface area contributed by atoms with E-state index in [0.29, 0.717) is 32.7 Å². The Labute approximate surface area is 118 Å². The highest BCUT2D eigenvalue weighted by atomic mass is 35.5. The molecule has 0 amide bonds. The van der Waals surface area contributed by atoms with Crippen LogP contribution in [0.5, 0.6) is 0 Å². The van der Waals surface area contributed by atoms with Crippen LogP contribution < -0.4 is 11.3 Å². The second-order valence-electron chi connectivity index (χ2n) is 4.17. The second-order valence-corrected chi connectivity index (χ2v) is 4.55. The number of methoxy groups -OCH3 is 1. The Balaban J connectivity index is 2.41. The third kappa shape index (κ3) is 5.84. The van der Waals surface area contributed by atoms with Crippen molar-refractivity contribution in [1.29, 1.82) is 0 Å². The lowest BCUT2D eigenvalue weighted by molar-refractivity contribution is 0.0658. The lowest BCUT2D eigenvalue weighted by Crippen LogP contribution is -2.37. The van der Waals surface area contributed by atoms with E-state index in [4.69, 9.17) is 26.9 Å². The number of hydrazine groups is 1. The zero-order chi connectivity index (χ0) is 14.1. The SMILES string of the molecule is COCCOCCC(Cc1cccc(F)c1Cl)NN. The summed E-state index contributed by atoms with van der Waals surface area (Å²) < 4.78 is 23.5. The molecule has 1 rings (SSSR count). The summed E-state index contributed by atoms with van der Waals surface area (Å²) in [5, 5.41) is 0.156. The molecule has 3 N–H and O–H groups in total. The van der Waals surface area contributed by atoms with Crippen molar-refractivity contribution in [2.45, 2.75) is 18.9 Å². The van der Waals surface area contributed by atoms with Gasteiger partial charge >= 0.3 is 0 Å². The Morgan fingerprint density at radius 3 is 2.84 bits per heavy atom. The summed E-state index contributed by atoms with van der Waals surface area (Å²) in [7, 11) is 1.62. The molecule has 0 aliphatic carbocycles. The van der Waals surface area contributed by atoms with Crippen molar-refractivity contribution in [3.63, 3.8) is 0 Å². The van der Waals surface area contributed by atoms with Gasteiger partial charge in [-0.25, -0.2) is 4.39 Å². The van der Waals surface area contributed by atoms with Gasteiger partial charge in [0.25, 0.3) is 0 Å². The second kappa shape index (κ2) is 9.23. The van der Waals surface area contributed by atoms with E-state index in [1.165, 1.54) is 6.07 Å². The van der Waals surface area contributed by atoms with E-state index >= 15 is 0 Å². The first kappa shape index (κ1) is 16.3. The van der Waals surface area contributed by atoms with Crippen molar-refractivity contribution in [2.75, 3.05) is 26.9 Å². The van der Waals surface area contributed by atoms with E-state index < -0.39 is 5.82 Å². The van der Waals surface area contributed by atoms with Crippen LogP contribution in [-0.4, -0.2) is 33.0 Å². The molecule has 1 unspecified atom stereocenters. The molecule has 0 aromatic heterocycles. The predicted molar refractivity (Wildman–Crippen MR) is 73.5 cm³/mol. The van der Waals surface area contributed by atoms with Gasteiger partial charge in [-0.2, -0.15) is 0 Å². The molecule has 4 nitrogen and oxygen atoms in total. The summed E-state index contributed by atoms with van der Waals surface area (Å²) in [6.45, 7) is 1.68. The van der Waals surface area contributed by atoms with Crippen LogP contribution in [0.2, 0.25) is 5.02 Å². The Kier molecular flexibility index (Phi) is 7.93. The Hall–Kier alpha value is -0.720. The minimum Gasteiger partial charge on any atom is -0.382 e. The fourth-order valence-corrected chi connectivity index (χ4v) is 1.89. The summed E-state index contributed by atoms with van der Waals surface area (Å²) in [5.41, 5.74) is 3.43. The quantitative estimate of drug-likeness (QED) is 0.414. The molecule has 0 radical (unpaired) electrons. The van der Waals surface area contributed by atoms with Gasteiger partial charge in [-0.3, -0.25) is 11.3 Å². The Bertz CT molecular complexity index is 380.